The van der Waals surface area contributed by atoms with Crippen molar-refractivity contribution in [3.63, 3.8) is 0 Å². The maximum Gasteiger partial charge on any atom is 0.104 e. The van der Waals surface area contributed by atoms with Crippen LogP contribution in [-0.2, 0) is 6.42 Å². The zero-order valence-corrected chi connectivity index (χ0v) is 11.1. The maximum absolute atomic E-state index is 6.03. The van der Waals surface area contributed by atoms with Gasteiger partial charge in [-0.1, -0.05) is 13.8 Å². The summed E-state index contributed by atoms with van der Waals surface area (Å²) in [7, 11) is 0. The van der Waals surface area contributed by atoms with Crippen LogP contribution >= 0.6 is 0 Å². The molecule has 0 saturated heterocycles. The van der Waals surface area contributed by atoms with Gasteiger partial charge in [-0.05, 0) is 61.6 Å². The van der Waals surface area contributed by atoms with Crippen LogP contribution in [0.4, 0.5) is 0 Å². The Balaban J connectivity index is 1.98. The molecular weight excluding hydrogens is 210 g/mol. The fraction of sp³-hybridized carbons (Fsp3) is 0.733. The van der Waals surface area contributed by atoms with Crippen LogP contribution < -0.4 is 5.73 Å². The van der Waals surface area contributed by atoms with E-state index in [1.165, 1.54) is 25.7 Å². The molecule has 0 bridgehead atoms. The van der Waals surface area contributed by atoms with Crippen LogP contribution in [0, 0.1) is 17.3 Å². The van der Waals surface area contributed by atoms with Gasteiger partial charge >= 0.3 is 0 Å². The second-order valence-corrected chi connectivity index (χ2v) is 6.04. The minimum atomic E-state index is 0.295. The van der Waals surface area contributed by atoms with E-state index in [9.17, 15) is 0 Å². The molecule has 0 spiro atoms. The predicted molar refractivity (Wildman–Crippen MR) is 70.7 cm³/mol. The Morgan fingerprint density at radius 1 is 1.41 bits per heavy atom. The van der Waals surface area contributed by atoms with Crippen LogP contribution in [0.2, 0.25) is 0 Å². The molecule has 1 aromatic heterocycles. The zero-order valence-electron chi connectivity index (χ0n) is 11.1. The van der Waals surface area contributed by atoms with Crippen molar-refractivity contribution in [3.05, 3.63) is 24.2 Å². The number of rotatable bonds is 4. The van der Waals surface area contributed by atoms with Crippen molar-refractivity contribution in [2.45, 2.75) is 46.0 Å². The van der Waals surface area contributed by atoms with Crippen LogP contribution in [0.3, 0.4) is 0 Å². The largest absolute Gasteiger partial charge is 0.469 e. The Morgan fingerprint density at radius 2 is 2.12 bits per heavy atom. The monoisotopic (exact) mass is 235 g/mol. The molecule has 1 fully saturated rings. The molecule has 17 heavy (non-hydrogen) atoms. The normalized spacial score (nSPS) is 29.8. The van der Waals surface area contributed by atoms with Crippen LogP contribution in [0.15, 0.2) is 22.8 Å². The highest BCUT2D eigenvalue weighted by Crippen LogP contribution is 2.42. The number of hydrogen-bond donors (Lipinski definition) is 1. The fourth-order valence-corrected chi connectivity index (χ4v) is 3.16. The molecule has 96 valence electrons. The highest BCUT2D eigenvalue weighted by atomic mass is 16.3. The smallest absolute Gasteiger partial charge is 0.104 e. The van der Waals surface area contributed by atoms with E-state index < -0.39 is 0 Å². The van der Waals surface area contributed by atoms with E-state index in [-0.39, 0.29) is 0 Å². The molecule has 0 aromatic carbocycles. The standard InChI is InChI=1S/C15H25NO/c1-12(2)13-5-7-15(11-16,8-6-13)10-14-4-3-9-17-14/h3-4,9,12-13H,5-8,10-11,16H2,1-2H3. The molecule has 1 aromatic rings. The summed E-state index contributed by atoms with van der Waals surface area (Å²) in [6.45, 7) is 5.47. The molecule has 1 aliphatic carbocycles. The van der Waals surface area contributed by atoms with Crippen LogP contribution in [0.25, 0.3) is 0 Å². The summed E-state index contributed by atoms with van der Waals surface area (Å²) in [4.78, 5) is 0. The van der Waals surface area contributed by atoms with Crippen molar-refractivity contribution in [2.24, 2.45) is 23.0 Å². The van der Waals surface area contributed by atoms with Gasteiger partial charge in [0, 0.05) is 6.42 Å². The summed E-state index contributed by atoms with van der Waals surface area (Å²) in [5.41, 5.74) is 6.33. The lowest BCUT2D eigenvalue weighted by molar-refractivity contribution is 0.126. The summed E-state index contributed by atoms with van der Waals surface area (Å²) in [5, 5.41) is 0. The molecule has 0 radical (unpaired) electrons. The second kappa shape index (κ2) is 5.26. The number of hydrogen-bond acceptors (Lipinski definition) is 2. The first-order valence-corrected chi connectivity index (χ1v) is 6.88. The Labute approximate surface area is 105 Å². The summed E-state index contributed by atoms with van der Waals surface area (Å²) >= 11 is 0. The minimum Gasteiger partial charge on any atom is -0.469 e. The van der Waals surface area contributed by atoms with E-state index in [0.29, 0.717) is 5.41 Å². The molecule has 0 aliphatic heterocycles. The highest BCUT2D eigenvalue weighted by Gasteiger charge is 2.35. The predicted octanol–water partition coefficient (Wildman–Crippen LogP) is 3.61. The molecule has 2 N–H and O–H groups in total. The van der Waals surface area contributed by atoms with Gasteiger partial charge in [0.05, 0.1) is 6.26 Å². The van der Waals surface area contributed by atoms with E-state index in [2.05, 4.69) is 19.9 Å². The topological polar surface area (TPSA) is 39.2 Å². The van der Waals surface area contributed by atoms with E-state index in [4.69, 9.17) is 10.2 Å². The summed E-state index contributed by atoms with van der Waals surface area (Å²) in [5.74, 6) is 2.80. The molecule has 1 aliphatic rings. The zero-order chi connectivity index (χ0) is 12.3. The molecule has 2 heteroatoms. The third-order valence-corrected chi connectivity index (χ3v) is 4.60. The van der Waals surface area contributed by atoms with Gasteiger partial charge in [0.15, 0.2) is 0 Å². The van der Waals surface area contributed by atoms with Crippen molar-refractivity contribution < 1.29 is 4.42 Å². The molecular formula is C15H25NO. The van der Waals surface area contributed by atoms with Gasteiger partial charge < -0.3 is 10.2 Å². The molecule has 2 nitrogen and oxygen atoms in total. The summed E-state index contributed by atoms with van der Waals surface area (Å²) in [6.07, 6.45) is 7.95. The first kappa shape index (κ1) is 12.7. The lowest BCUT2D eigenvalue weighted by atomic mass is 9.66. The van der Waals surface area contributed by atoms with Crippen LogP contribution in [0.1, 0.15) is 45.3 Å². The lowest BCUT2D eigenvalue weighted by Gasteiger charge is -2.40. The molecule has 1 heterocycles. The van der Waals surface area contributed by atoms with Crippen molar-refractivity contribution in [1.29, 1.82) is 0 Å². The van der Waals surface area contributed by atoms with Gasteiger partial charge in [-0.3, -0.25) is 0 Å². The van der Waals surface area contributed by atoms with E-state index >= 15 is 0 Å². The van der Waals surface area contributed by atoms with Gasteiger partial charge in [-0.15, -0.1) is 0 Å². The van der Waals surface area contributed by atoms with E-state index in [1.807, 2.05) is 6.07 Å². The highest BCUT2D eigenvalue weighted by molar-refractivity contribution is 5.04. The Bertz CT molecular complexity index is 321. The summed E-state index contributed by atoms with van der Waals surface area (Å²) < 4.78 is 5.48. The summed E-state index contributed by atoms with van der Waals surface area (Å²) in [6, 6.07) is 4.05. The van der Waals surface area contributed by atoms with Crippen LogP contribution in [-0.4, -0.2) is 6.54 Å². The average Bonchev–Trinajstić information content (AvgIpc) is 2.82. The van der Waals surface area contributed by atoms with Gasteiger partial charge in [0.25, 0.3) is 0 Å². The van der Waals surface area contributed by atoms with Crippen molar-refractivity contribution in [1.82, 2.24) is 0 Å². The van der Waals surface area contributed by atoms with Gasteiger partial charge in [-0.2, -0.15) is 0 Å². The van der Waals surface area contributed by atoms with Crippen molar-refractivity contribution in [3.8, 4) is 0 Å². The van der Waals surface area contributed by atoms with Crippen LogP contribution in [0.5, 0.6) is 0 Å². The van der Waals surface area contributed by atoms with E-state index in [1.54, 1.807) is 6.26 Å². The first-order valence-electron chi connectivity index (χ1n) is 6.88. The van der Waals surface area contributed by atoms with Crippen molar-refractivity contribution in [2.75, 3.05) is 6.54 Å². The maximum atomic E-state index is 6.03. The van der Waals surface area contributed by atoms with E-state index in [0.717, 1.165) is 30.6 Å². The molecule has 1 saturated carbocycles. The fourth-order valence-electron chi connectivity index (χ4n) is 3.16. The minimum absolute atomic E-state index is 0.295. The Morgan fingerprint density at radius 3 is 2.59 bits per heavy atom. The first-order chi connectivity index (χ1) is 8.15. The van der Waals surface area contributed by atoms with Gasteiger partial charge in [0.1, 0.15) is 5.76 Å². The number of furan rings is 1. The van der Waals surface area contributed by atoms with Crippen molar-refractivity contribution >= 4 is 0 Å². The quantitative estimate of drug-likeness (QED) is 0.865. The number of nitrogens with two attached hydrogens (primary N) is 1. The molecule has 0 amide bonds. The van der Waals surface area contributed by atoms with Gasteiger partial charge in [0.2, 0.25) is 0 Å². The molecule has 0 unspecified atom stereocenters. The SMILES string of the molecule is CC(C)C1CCC(CN)(Cc2ccco2)CC1. The Kier molecular flexibility index (Phi) is 3.93. The lowest BCUT2D eigenvalue weighted by Crippen LogP contribution is -2.37. The second-order valence-electron chi connectivity index (χ2n) is 6.04. The molecule has 2 rings (SSSR count). The third-order valence-electron chi connectivity index (χ3n) is 4.60. The van der Waals surface area contributed by atoms with Gasteiger partial charge in [-0.25, -0.2) is 0 Å². The average molecular weight is 235 g/mol. The molecule has 0 atom stereocenters. The third kappa shape index (κ3) is 2.92. The Hall–Kier alpha value is -0.760.